The summed E-state index contributed by atoms with van der Waals surface area (Å²) in [5.74, 6) is -0.709. The molecule has 0 bridgehead atoms. The molecule has 0 radical (unpaired) electrons. The number of hydrogen-bond donors (Lipinski definition) is 3. The summed E-state index contributed by atoms with van der Waals surface area (Å²) in [5, 5.41) is 24.6. The first kappa shape index (κ1) is 22.2. The number of halogens is 1. The van der Waals surface area contributed by atoms with Crippen molar-refractivity contribution >= 4 is 16.8 Å². The molecule has 4 rings (SSSR count). The van der Waals surface area contributed by atoms with Crippen LogP contribution in [0.1, 0.15) is 29.4 Å². The molecule has 2 aliphatic heterocycles. The molecule has 3 N–H and O–H groups in total. The molecule has 9 heteroatoms. The third-order valence-corrected chi connectivity index (χ3v) is 5.73. The molecule has 170 valence electrons. The number of hydrogen-bond acceptors (Lipinski definition) is 7. The quantitative estimate of drug-likeness (QED) is 0.651. The fraction of sp³-hybridized carbons (Fsp3) is 0.391. The van der Waals surface area contributed by atoms with Crippen molar-refractivity contribution in [3.8, 4) is 0 Å². The lowest BCUT2D eigenvalue weighted by Crippen LogP contribution is -2.48. The number of hydroxylamine groups is 2. The van der Waals surface area contributed by atoms with Crippen LogP contribution in [0.5, 0.6) is 0 Å². The molecule has 0 spiro atoms. The number of fused-ring (bicyclic) bond motifs is 1. The van der Waals surface area contributed by atoms with Gasteiger partial charge in [0, 0.05) is 18.1 Å². The van der Waals surface area contributed by atoms with Crippen molar-refractivity contribution in [1.82, 2.24) is 15.4 Å². The number of allylic oxidation sites excluding steroid dienone is 2. The number of aromatic nitrogens is 1. The summed E-state index contributed by atoms with van der Waals surface area (Å²) in [6.45, 7) is 2.40. The fourth-order valence-corrected chi connectivity index (χ4v) is 4.02. The second-order valence-corrected chi connectivity index (χ2v) is 8.00. The molecule has 1 aromatic carbocycles. The van der Waals surface area contributed by atoms with Gasteiger partial charge in [-0.1, -0.05) is 18.2 Å². The van der Waals surface area contributed by atoms with Crippen LogP contribution in [0.2, 0.25) is 0 Å². The fourth-order valence-electron chi connectivity index (χ4n) is 4.02. The zero-order valence-corrected chi connectivity index (χ0v) is 17.9. The Morgan fingerprint density at radius 2 is 2.25 bits per heavy atom. The van der Waals surface area contributed by atoms with Gasteiger partial charge in [0.25, 0.3) is 5.91 Å². The Morgan fingerprint density at radius 1 is 1.44 bits per heavy atom. The number of carbonyl (C=O) groups excluding carboxylic acids is 1. The molecule has 2 aliphatic rings. The van der Waals surface area contributed by atoms with E-state index in [0.29, 0.717) is 36.3 Å². The van der Waals surface area contributed by atoms with Crippen LogP contribution in [-0.4, -0.2) is 64.8 Å². The van der Waals surface area contributed by atoms with E-state index in [1.54, 1.807) is 24.3 Å². The minimum atomic E-state index is -0.808. The number of methoxy groups -OCH3 is 1. The van der Waals surface area contributed by atoms with E-state index in [9.17, 15) is 19.5 Å². The molecule has 3 atom stereocenters. The standard InChI is InChI=1S/C23H26FN3O5/c1-13-8-14(10-21(31-2)27(13)30)9-15-11-19(25-22-16(15)4-3-5-17(22)24)23(29)26-18-6-7-32-12-20(18)28/h3-5,8,10-11,13,18,20,28,30H,6-7,9,12H2,1-2H3,(H,26,29)/t13?,18-,20-/m0/s1. The van der Waals surface area contributed by atoms with Crippen LogP contribution in [0, 0.1) is 5.82 Å². The van der Waals surface area contributed by atoms with E-state index in [4.69, 9.17) is 9.47 Å². The summed E-state index contributed by atoms with van der Waals surface area (Å²) in [5.41, 5.74) is 1.73. The van der Waals surface area contributed by atoms with Gasteiger partial charge in [-0.2, -0.15) is 0 Å². The van der Waals surface area contributed by atoms with Gasteiger partial charge in [-0.15, -0.1) is 0 Å². The molecule has 1 saturated heterocycles. The van der Waals surface area contributed by atoms with Crippen molar-refractivity contribution in [1.29, 1.82) is 0 Å². The molecule has 1 aromatic heterocycles. The van der Waals surface area contributed by atoms with E-state index in [0.717, 1.165) is 10.6 Å². The van der Waals surface area contributed by atoms with Gasteiger partial charge >= 0.3 is 0 Å². The molecular formula is C23H26FN3O5. The highest BCUT2D eigenvalue weighted by Gasteiger charge is 2.27. The average Bonchev–Trinajstić information content (AvgIpc) is 2.78. The van der Waals surface area contributed by atoms with E-state index in [2.05, 4.69) is 10.3 Å². The van der Waals surface area contributed by atoms with Crippen LogP contribution in [0.15, 0.2) is 47.9 Å². The number of benzene rings is 1. The summed E-state index contributed by atoms with van der Waals surface area (Å²) >= 11 is 0. The first-order valence-corrected chi connectivity index (χ1v) is 10.5. The minimum Gasteiger partial charge on any atom is -0.481 e. The lowest BCUT2D eigenvalue weighted by Gasteiger charge is -2.28. The average molecular weight is 443 g/mol. The molecule has 2 aromatic rings. The highest BCUT2D eigenvalue weighted by Crippen LogP contribution is 2.27. The molecule has 1 fully saturated rings. The van der Waals surface area contributed by atoms with Crippen molar-refractivity contribution in [3.05, 3.63) is 64.9 Å². The molecule has 8 nitrogen and oxygen atoms in total. The third kappa shape index (κ3) is 4.45. The third-order valence-electron chi connectivity index (χ3n) is 5.73. The van der Waals surface area contributed by atoms with Crippen LogP contribution in [0.25, 0.3) is 10.9 Å². The van der Waals surface area contributed by atoms with Crippen molar-refractivity contribution in [3.63, 3.8) is 0 Å². The van der Waals surface area contributed by atoms with E-state index in [1.807, 2.05) is 13.0 Å². The maximum atomic E-state index is 14.6. The Hall–Kier alpha value is -3.01. The van der Waals surface area contributed by atoms with E-state index in [-0.39, 0.29) is 23.9 Å². The Balaban J connectivity index is 1.69. The topological polar surface area (TPSA) is 104 Å². The monoisotopic (exact) mass is 443 g/mol. The number of nitrogens with one attached hydrogen (secondary N) is 1. The zero-order valence-electron chi connectivity index (χ0n) is 17.9. The summed E-state index contributed by atoms with van der Waals surface area (Å²) in [6, 6.07) is 5.54. The summed E-state index contributed by atoms with van der Waals surface area (Å²) in [6.07, 6.45) is 3.62. The van der Waals surface area contributed by atoms with Gasteiger partial charge < -0.3 is 19.9 Å². The second-order valence-electron chi connectivity index (χ2n) is 8.00. The Morgan fingerprint density at radius 3 is 3.00 bits per heavy atom. The SMILES string of the molecule is COC1=CC(Cc2cc(C(=O)N[C@H]3CCOC[C@@H]3O)nc3c(F)cccc23)=CC(C)N1O. The number of aliphatic hydroxyl groups is 1. The Labute approximate surface area is 184 Å². The number of rotatable bonds is 5. The number of nitrogens with zero attached hydrogens (tertiary/aromatic N) is 2. The van der Waals surface area contributed by atoms with Crippen molar-refractivity contribution in [2.75, 3.05) is 20.3 Å². The van der Waals surface area contributed by atoms with Crippen LogP contribution in [0.3, 0.4) is 0 Å². The normalized spacial score (nSPS) is 23.5. The number of pyridine rings is 1. The predicted octanol–water partition coefficient (Wildman–Crippen LogP) is 2.30. The highest BCUT2D eigenvalue weighted by molar-refractivity contribution is 5.96. The lowest BCUT2D eigenvalue weighted by molar-refractivity contribution is -0.118. The number of carbonyl (C=O) groups is 1. The van der Waals surface area contributed by atoms with Gasteiger partial charge in [0.2, 0.25) is 5.88 Å². The first-order chi connectivity index (χ1) is 15.4. The molecule has 1 unspecified atom stereocenters. The van der Waals surface area contributed by atoms with Gasteiger partial charge in [-0.25, -0.2) is 14.4 Å². The van der Waals surface area contributed by atoms with Gasteiger partial charge in [0.1, 0.15) is 17.0 Å². The second kappa shape index (κ2) is 9.23. The minimum absolute atomic E-state index is 0.0699. The Bertz CT molecular complexity index is 1090. The Kier molecular flexibility index (Phi) is 6.40. The first-order valence-electron chi connectivity index (χ1n) is 10.5. The van der Waals surface area contributed by atoms with Gasteiger partial charge in [0.05, 0.1) is 31.9 Å². The maximum absolute atomic E-state index is 14.6. The smallest absolute Gasteiger partial charge is 0.270 e. The highest BCUT2D eigenvalue weighted by atomic mass is 19.1. The van der Waals surface area contributed by atoms with Crippen LogP contribution >= 0.6 is 0 Å². The van der Waals surface area contributed by atoms with E-state index < -0.39 is 23.9 Å². The van der Waals surface area contributed by atoms with E-state index >= 15 is 0 Å². The lowest BCUT2D eigenvalue weighted by atomic mass is 9.97. The molecule has 32 heavy (non-hydrogen) atoms. The number of amides is 1. The van der Waals surface area contributed by atoms with Crippen molar-refractivity contribution < 1.29 is 29.0 Å². The largest absolute Gasteiger partial charge is 0.481 e. The maximum Gasteiger partial charge on any atom is 0.270 e. The van der Waals surface area contributed by atoms with Crippen molar-refractivity contribution in [2.45, 2.75) is 38.0 Å². The molecule has 3 heterocycles. The number of para-hydroxylation sites is 1. The van der Waals surface area contributed by atoms with Crippen LogP contribution < -0.4 is 5.32 Å². The summed E-state index contributed by atoms with van der Waals surface area (Å²) < 4.78 is 25.0. The molecule has 0 saturated carbocycles. The van der Waals surface area contributed by atoms with Gasteiger partial charge in [0.15, 0.2) is 0 Å². The number of ether oxygens (including phenoxy) is 2. The predicted molar refractivity (Wildman–Crippen MR) is 114 cm³/mol. The van der Waals surface area contributed by atoms with Gasteiger partial charge in [-0.3, -0.25) is 10.0 Å². The van der Waals surface area contributed by atoms with E-state index in [1.165, 1.54) is 13.2 Å². The molecule has 1 amide bonds. The molecule has 0 aliphatic carbocycles. The van der Waals surface area contributed by atoms with Gasteiger partial charge in [-0.05, 0) is 43.0 Å². The molecular weight excluding hydrogens is 417 g/mol. The van der Waals surface area contributed by atoms with Crippen molar-refractivity contribution in [2.24, 2.45) is 0 Å². The summed E-state index contributed by atoms with van der Waals surface area (Å²) in [4.78, 5) is 17.2. The number of aliphatic hydroxyl groups excluding tert-OH is 1. The summed E-state index contributed by atoms with van der Waals surface area (Å²) in [7, 11) is 1.47. The van der Waals surface area contributed by atoms with Crippen LogP contribution in [-0.2, 0) is 15.9 Å². The zero-order chi connectivity index (χ0) is 22.8. The van der Waals surface area contributed by atoms with Crippen LogP contribution in [0.4, 0.5) is 4.39 Å².